The van der Waals surface area contributed by atoms with Gasteiger partial charge in [-0.15, -0.1) is 11.3 Å². The fourth-order valence-corrected chi connectivity index (χ4v) is 5.17. The Morgan fingerprint density at radius 3 is 2.76 bits per heavy atom. The molecule has 3 rings (SSSR count). The van der Waals surface area contributed by atoms with Crippen molar-refractivity contribution >= 4 is 23.2 Å². The van der Waals surface area contributed by atoms with Crippen LogP contribution in [0.5, 0.6) is 0 Å². The lowest BCUT2D eigenvalue weighted by atomic mass is 9.72. The summed E-state index contributed by atoms with van der Waals surface area (Å²) < 4.78 is 0. The minimum Gasteiger partial charge on any atom is -0.354 e. The van der Waals surface area contributed by atoms with Gasteiger partial charge in [-0.1, -0.05) is 20.8 Å². The molecule has 2 heterocycles. The van der Waals surface area contributed by atoms with Gasteiger partial charge in [-0.25, -0.2) is 0 Å². The molecule has 1 fully saturated rings. The van der Waals surface area contributed by atoms with Crippen molar-refractivity contribution in [3.63, 3.8) is 0 Å². The molecule has 138 valence electrons. The lowest BCUT2D eigenvalue weighted by Gasteiger charge is -2.33. The summed E-state index contributed by atoms with van der Waals surface area (Å²) in [6.07, 6.45) is 6.07. The first-order chi connectivity index (χ1) is 11.8. The van der Waals surface area contributed by atoms with Crippen LogP contribution < -0.4 is 5.32 Å². The molecule has 1 saturated heterocycles. The van der Waals surface area contributed by atoms with Gasteiger partial charge in [0.25, 0.3) is 5.91 Å². The van der Waals surface area contributed by atoms with Crippen LogP contribution in [0.25, 0.3) is 0 Å². The molecule has 1 aliphatic heterocycles. The fourth-order valence-electron chi connectivity index (χ4n) is 3.98. The van der Waals surface area contributed by atoms with E-state index in [2.05, 4.69) is 32.2 Å². The van der Waals surface area contributed by atoms with Crippen molar-refractivity contribution in [1.29, 1.82) is 0 Å². The largest absolute Gasteiger partial charge is 0.354 e. The number of amides is 2. The first kappa shape index (κ1) is 18.4. The molecule has 2 aliphatic rings. The number of aryl methyl sites for hydroxylation is 1. The average molecular weight is 363 g/mol. The molecule has 25 heavy (non-hydrogen) atoms. The van der Waals surface area contributed by atoms with Gasteiger partial charge in [0.1, 0.15) is 6.04 Å². The first-order valence-electron chi connectivity index (χ1n) is 9.44. The van der Waals surface area contributed by atoms with Crippen LogP contribution in [0.3, 0.4) is 0 Å². The van der Waals surface area contributed by atoms with E-state index in [-0.39, 0.29) is 17.9 Å². The molecular formula is C20H30N2O2S. The molecule has 0 saturated carbocycles. The van der Waals surface area contributed by atoms with Gasteiger partial charge >= 0.3 is 0 Å². The minimum absolute atomic E-state index is 0.00578. The molecule has 0 radical (unpaired) electrons. The highest BCUT2D eigenvalue weighted by atomic mass is 32.1. The molecule has 1 aliphatic carbocycles. The highest BCUT2D eigenvalue weighted by molar-refractivity contribution is 7.14. The number of nitrogens with zero attached hydrogens (tertiary/aromatic N) is 1. The quantitative estimate of drug-likeness (QED) is 0.873. The van der Waals surface area contributed by atoms with Gasteiger partial charge in [-0.3, -0.25) is 9.59 Å². The third-order valence-corrected chi connectivity index (χ3v) is 7.04. The van der Waals surface area contributed by atoms with Crippen LogP contribution in [-0.2, 0) is 17.6 Å². The van der Waals surface area contributed by atoms with E-state index in [4.69, 9.17) is 0 Å². The second-order valence-corrected chi connectivity index (χ2v) is 9.72. The SMILES string of the molecule is CN(C(=O)c1cc2c(s1)CC[C@H](C(C)(C)C)C2)[C@H]1CCCCNC1=O. The number of thiophene rings is 1. The summed E-state index contributed by atoms with van der Waals surface area (Å²) in [5.74, 6) is 0.652. The standard InChI is InChI=1S/C20H30N2O2S/c1-20(2,3)14-8-9-16-13(11-14)12-17(25-16)19(24)22(4)15-7-5-6-10-21-18(15)23/h12,14-15H,5-11H2,1-4H3,(H,21,23)/t14-,15-/m0/s1. The van der Waals surface area contributed by atoms with Gasteiger partial charge in [-0.2, -0.15) is 0 Å². The van der Waals surface area contributed by atoms with E-state index < -0.39 is 0 Å². The topological polar surface area (TPSA) is 49.4 Å². The van der Waals surface area contributed by atoms with E-state index in [1.54, 1.807) is 23.3 Å². The second-order valence-electron chi connectivity index (χ2n) is 8.58. The van der Waals surface area contributed by atoms with Gasteiger partial charge in [0.2, 0.25) is 5.91 Å². The summed E-state index contributed by atoms with van der Waals surface area (Å²) in [6.45, 7) is 7.64. The highest BCUT2D eigenvalue weighted by Crippen LogP contribution is 2.40. The van der Waals surface area contributed by atoms with Crippen molar-refractivity contribution in [2.24, 2.45) is 11.3 Å². The normalized spacial score (nSPS) is 24.2. The lowest BCUT2D eigenvalue weighted by molar-refractivity contribution is -0.124. The molecule has 4 nitrogen and oxygen atoms in total. The number of rotatable bonds is 2. The molecule has 1 aromatic heterocycles. The van der Waals surface area contributed by atoms with Crippen LogP contribution in [0.4, 0.5) is 0 Å². The lowest BCUT2D eigenvalue weighted by Crippen LogP contribution is -2.46. The maximum atomic E-state index is 13.0. The molecule has 1 N–H and O–H groups in total. The van der Waals surface area contributed by atoms with E-state index in [9.17, 15) is 9.59 Å². The number of hydrogen-bond donors (Lipinski definition) is 1. The predicted molar refractivity (Wildman–Crippen MR) is 102 cm³/mol. The average Bonchev–Trinajstić information content (AvgIpc) is 2.87. The van der Waals surface area contributed by atoms with Gasteiger partial charge in [0.05, 0.1) is 4.88 Å². The minimum atomic E-state index is -0.337. The van der Waals surface area contributed by atoms with E-state index in [1.165, 1.54) is 16.9 Å². The molecule has 0 aromatic carbocycles. The zero-order chi connectivity index (χ0) is 18.2. The van der Waals surface area contributed by atoms with Crippen molar-refractivity contribution in [1.82, 2.24) is 10.2 Å². The Labute approximate surface area is 155 Å². The summed E-state index contributed by atoms with van der Waals surface area (Å²) in [7, 11) is 1.77. The number of likely N-dealkylation sites (N-methyl/N-ethyl adjacent to an activating group) is 1. The van der Waals surface area contributed by atoms with Crippen molar-refractivity contribution in [3.05, 3.63) is 21.4 Å². The first-order valence-corrected chi connectivity index (χ1v) is 10.3. The van der Waals surface area contributed by atoms with Crippen LogP contribution in [-0.4, -0.2) is 36.3 Å². The summed E-state index contributed by atoms with van der Waals surface area (Å²) in [4.78, 5) is 29.0. The molecule has 2 amide bonds. The smallest absolute Gasteiger partial charge is 0.264 e. The highest BCUT2D eigenvalue weighted by Gasteiger charge is 2.33. The Hall–Kier alpha value is -1.36. The van der Waals surface area contributed by atoms with Gasteiger partial charge in [0.15, 0.2) is 0 Å². The second kappa shape index (κ2) is 7.10. The van der Waals surface area contributed by atoms with E-state index in [0.717, 1.165) is 43.5 Å². The molecule has 0 spiro atoms. The Bertz CT molecular complexity index is 659. The third kappa shape index (κ3) is 3.91. The summed E-state index contributed by atoms with van der Waals surface area (Å²) in [5.41, 5.74) is 1.65. The fraction of sp³-hybridized carbons (Fsp3) is 0.700. The molecule has 5 heteroatoms. The van der Waals surface area contributed by atoms with Gasteiger partial charge < -0.3 is 10.2 Å². The molecule has 0 unspecified atom stereocenters. The van der Waals surface area contributed by atoms with Crippen LogP contribution in [0, 0.1) is 11.3 Å². The predicted octanol–water partition coefficient (Wildman–Crippen LogP) is 3.64. The van der Waals surface area contributed by atoms with Crippen molar-refractivity contribution < 1.29 is 9.59 Å². The molecule has 2 atom stereocenters. The number of fused-ring (bicyclic) bond motifs is 1. The van der Waals surface area contributed by atoms with Gasteiger partial charge in [0, 0.05) is 18.5 Å². The number of carbonyl (C=O) groups excluding carboxylic acids is 2. The van der Waals surface area contributed by atoms with Crippen LogP contribution >= 0.6 is 11.3 Å². The zero-order valence-corrected chi connectivity index (χ0v) is 16.7. The summed E-state index contributed by atoms with van der Waals surface area (Å²) in [5, 5.41) is 2.92. The Morgan fingerprint density at radius 2 is 2.04 bits per heavy atom. The monoisotopic (exact) mass is 362 g/mol. The van der Waals surface area contributed by atoms with E-state index in [0.29, 0.717) is 11.3 Å². The molecule has 1 aromatic rings. The number of nitrogens with one attached hydrogen (secondary N) is 1. The number of carbonyl (C=O) groups is 2. The van der Waals surface area contributed by atoms with Crippen molar-refractivity contribution in [2.45, 2.75) is 65.3 Å². The Morgan fingerprint density at radius 1 is 1.28 bits per heavy atom. The van der Waals surface area contributed by atoms with Crippen molar-refractivity contribution in [2.75, 3.05) is 13.6 Å². The maximum absolute atomic E-state index is 13.0. The van der Waals surface area contributed by atoms with Crippen LogP contribution in [0.1, 0.15) is 66.6 Å². The molecule has 0 bridgehead atoms. The number of hydrogen-bond acceptors (Lipinski definition) is 3. The zero-order valence-electron chi connectivity index (χ0n) is 15.9. The summed E-state index contributed by atoms with van der Waals surface area (Å²) in [6, 6.07) is 1.75. The Balaban J connectivity index is 1.75. The van der Waals surface area contributed by atoms with E-state index in [1.807, 2.05) is 0 Å². The summed E-state index contributed by atoms with van der Waals surface area (Å²) >= 11 is 1.63. The van der Waals surface area contributed by atoms with Crippen molar-refractivity contribution in [3.8, 4) is 0 Å². The molecular weight excluding hydrogens is 332 g/mol. The van der Waals surface area contributed by atoms with Crippen LogP contribution in [0.2, 0.25) is 0 Å². The van der Waals surface area contributed by atoms with E-state index >= 15 is 0 Å². The third-order valence-electron chi connectivity index (χ3n) is 5.81. The maximum Gasteiger partial charge on any atom is 0.264 e. The van der Waals surface area contributed by atoms with Gasteiger partial charge in [-0.05, 0) is 61.5 Å². The Kier molecular flexibility index (Phi) is 5.24. The van der Waals surface area contributed by atoms with Crippen LogP contribution in [0.15, 0.2) is 6.07 Å².